The van der Waals surface area contributed by atoms with Gasteiger partial charge in [-0.2, -0.15) is 0 Å². The molecule has 1 aromatic rings. The van der Waals surface area contributed by atoms with Crippen molar-refractivity contribution in [2.75, 3.05) is 7.11 Å². The van der Waals surface area contributed by atoms with E-state index in [2.05, 4.69) is 5.32 Å². The maximum Gasteiger partial charge on any atom is 0.304 e. The van der Waals surface area contributed by atoms with Gasteiger partial charge in [-0.3, -0.25) is 4.79 Å². The molecule has 1 aromatic carbocycles. The monoisotopic (exact) mass is 269 g/mol. The summed E-state index contributed by atoms with van der Waals surface area (Å²) in [5.41, 5.74) is 0.748. The minimum absolute atomic E-state index is 0.00578. The van der Waals surface area contributed by atoms with Crippen LogP contribution in [-0.4, -0.2) is 30.3 Å². The lowest BCUT2D eigenvalue weighted by Gasteiger charge is -2.20. The van der Waals surface area contributed by atoms with Crippen molar-refractivity contribution in [3.63, 3.8) is 0 Å². The minimum atomic E-state index is -0.868. The molecule has 0 fully saturated rings. The van der Waals surface area contributed by atoms with Crippen LogP contribution in [0.1, 0.15) is 25.8 Å². The Morgan fingerprint density at radius 3 is 2.63 bits per heavy atom. The number of carbonyl (C=O) groups is 1. The number of ether oxygens (including phenoxy) is 1. The van der Waals surface area contributed by atoms with Gasteiger partial charge >= 0.3 is 5.97 Å². The van der Waals surface area contributed by atoms with Crippen LogP contribution in [0.5, 0.6) is 5.75 Å². The summed E-state index contributed by atoms with van der Waals surface area (Å²) in [5.74, 6) is -1.11. The molecule has 0 aliphatic rings. The zero-order valence-corrected chi connectivity index (χ0v) is 11.4. The molecule has 5 heteroatoms. The Morgan fingerprint density at radius 2 is 2.16 bits per heavy atom. The number of halogens is 1. The molecule has 0 bridgehead atoms. The van der Waals surface area contributed by atoms with Crippen molar-refractivity contribution < 1.29 is 19.0 Å². The lowest BCUT2D eigenvalue weighted by molar-refractivity contribution is -0.137. The number of nitrogens with one attached hydrogen (secondary N) is 1. The highest BCUT2D eigenvalue weighted by molar-refractivity contribution is 5.67. The molecule has 1 rings (SSSR count). The van der Waals surface area contributed by atoms with Crippen molar-refractivity contribution in [1.82, 2.24) is 5.32 Å². The number of carboxylic acid groups (broad SMARTS) is 1. The molecule has 0 aromatic heterocycles. The normalized spacial score (nSPS) is 12.5. The Labute approximate surface area is 112 Å². The van der Waals surface area contributed by atoms with E-state index in [9.17, 15) is 9.18 Å². The van der Waals surface area contributed by atoms with Crippen LogP contribution in [0.2, 0.25) is 0 Å². The van der Waals surface area contributed by atoms with Crippen molar-refractivity contribution in [3.8, 4) is 5.75 Å². The molecule has 0 radical (unpaired) electrons. The third-order valence-electron chi connectivity index (χ3n) is 2.69. The van der Waals surface area contributed by atoms with Crippen LogP contribution in [0, 0.1) is 5.82 Å². The number of rotatable bonds is 7. The highest BCUT2D eigenvalue weighted by atomic mass is 19.1. The van der Waals surface area contributed by atoms with E-state index in [4.69, 9.17) is 9.84 Å². The van der Waals surface area contributed by atoms with E-state index in [-0.39, 0.29) is 24.3 Å². The van der Waals surface area contributed by atoms with Gasteiger partial charge in [0.15, 0.2) is 11.6 Å². The molecule has 0 amide bonds. The average molecular weight is 269 g/mol. The molecule has 0 saturated carbocycles. The first-order valence-electron chi connectivity index (χ1n) is 6.22. The van der Waals surface area contributed by atoms with E-state index in [1.54, 1.807) is 12.1 Å². The van der Waals surface area contributed by atoms with Crippen LogP contribution >= 0.6 is 0 Å². The summed E-state index contributed by atoms with van der Waals surface area (Å²) in [6.45, 7) is 3.90. The zero-order valence-electron chi connectivity index (χ0n) is 11.4. The number of carboxylic acids is 1. The molecular formula is C14H20FNO3. The summed E-state index contributed by atoms with van der Waals surface area (Å²) in [5, 5.41) is 12.1. The van der Waals surface area contributed by atoms with Gasteiger partial charge in [-0.05, 0) is 24.1 Å². The van der Waals surface area contributed by atoms with Gasteiger partial charge in [-0.1, -0.05) is 19.9 Å². The second kappa shape index (κ2) is 7.09. The molecular weight excluding hydrogens is 249 g/mol. The minimum Gasteiger partial charge on any atom is -0.494 e. The molecule has 1 atom stereocenters. The number of hydrogen-bond acceptors (Lipinski definition) is 3. The third kappa shape index (κ3) is 5.26. The fourth-order valence-corrected chi connectivity index (χ4v) is 1.99. The SMILES string of the molecule is COc1ccc(CC(CC(=O)O)NC(C)C)cc1F. The van der Waals surface area contributed by atoms with E-state index in [0.717, 1.165) is 5.56 Å². The van der Waals surface area contributed by atoms with Gasteiger partial charge in [0.1, 0.15) is 0 Å². The van der Waals surface area contributed by atoms with Gasteiger partial charge in [0, 0.05) is 12.1 Å². The molecule has 0 spiro atoms. The maximum atomic E-state index is 13.6. The van der Waals surface area contributed by atoms with E-state index >= 15 is 0 Å². The predicted molar refractivity (Wildman–Crippen MR) is 71.0 cm³/mol. The number of benzene rings is 1. The summed E-state index contributed by atoms with van der Waals surface area (Å²) in [7, 11) is 1.41. The Bertz CT molecular complexity index is 435. The third-order valence-corrected chi connectivity index (χ3v) is 2.69. The molecule has 0 heterocycles. The Kier molecular flexibility index (Phi) is 5.76. The fourth-order valence-electron chi connectivity index (χ4n) is 1.99. The van der Waals surface area contributed by atoms with Gasteiger partial charge in [0.05, 0.1) is 13.5 Å². The first-order valence-corrected chi connectivity index (χ1v) is 6.22. The zero-order chi connectivity index (χ0) is 14.4. The number of hydrogen-bond donors (Lipinski definition) is 2. The summed E-state index contributed by atoms with van der Waals surface area (Å²) in [4.78, 5) is 10.8. The van der Waals surface area contributed by atoms with E-state index in [1.165, 1.54) is 13.2 Å². The van der Waals surface area contributed by atoms with Crippen molar-refractivity contribution in [1.29, 1.82) is 0 Å². The van der Waals surface area contributed by atoms with Crippen molar-refractivity contribution >= 4 is 5.97 Å². The first kappa shape index (κ1) is 15.4. The van der Waals surface area contributed by atoms with Crippen molar-refractivity contribution in [2.45, 2.75) is 38.8 Å². The fraction of sp³-hybridized carbons (Fsp3) is 0.500. The molecule has 2 N–H and O–H groups in total. The van der Waals surface area contributed by atoms with Crippen LogP contribution in [0.4, 0.5) is 4.39 Å². The lowest BCUT2D eigenvalue weighted by Crippen LogP contribution is -2.38. The van der Waals surface area contributed by atoms with Gasteiger partial charge in [0.2, 0.25) is 0 Å². The molecule has 1 unspecified atom stereocenters. The van der Waals surface area contributed by atoms with Crippen LogP contribution < -0.4 is 10.1 Å². The standard InChI is InChI=1S/C14H20FNO3/c1-9(2)16-11(8-14(17)18)6-10-4-5-13(19-3)12(15)7-10/h4-5,7,9,11,16H,6,8H2,1-3H3,(H,17,18). The molecule has 0 aliphatic heterocycles. The van der Waals surface area contributed by atoms with E-state index in [1.807, 2.05) is 13.8 Å². The number of methoxy groups -OCH3 is 1. The maximum absolute atomic E-state index is 13.6. The summed E-state index contributed by atoms with van der Waals surface area (Å²) in [6.07, 6.45) is 0.469. The Balaban J connectivity index is 2.77. The van der Waals surface area contributed by atoms with Crippen LogP contribution in [0.3, 0.4) is 0 Å². The van der Waals surface area contributed by atoms with Gasteiger partial charge < -0.3 is 15.2 Å². The van der Waals surface area contributed by atoms with Crippen LogP contribution in [0.25, 0.3) is 0 Å². The lowest BCUT2D eigenvalue weighted by atomic mass is 10.0. The highest BCUT2D eigenvalue weighted by Crippen LogP contribution is 2.19. The topological polar surface area (TPSA) is 58.6 Å². The summed E-state index contributed by atoms with van der Waals surface area (Å²) < 4.78 is 18.4. The van der Waals surface area contributed by atoms with E-state index in [0.29, 0.717) is 6.42 Å². The van der Waals surface area contributed by atoms with Crippen molar-refractivity contribution in [2.24, 2.45) is 0 Å². The van der Waals surface area contributed by atoms with Gasteiger partial charge in [-0.15, -0.1) is 0 Å². The molecule has 4 nitrogen and oxygen atoms in total. The quantitative estimate of drug-likeness (QED) is 0.797. The second-order valence-corrected chi connectivity index (χ2v) is 4.79. The van der Waals surface area contributed by atoms with Gasteiger partial charge in [0.25, 0.3) is 0 Å². The Morgan fingerprint density at radius 1 is 1.47 bits per heavy atom. The molecule has 0 saturated heterocycles. The van der Waals surface area contributed by atoms with Crippen molar-refractivity contribution in [3.05, 3.63) is 29.6 Å². The molecule has 19 heavy (non-hydrogen) atoms. The smallest absolute Gasteiger partial charge is 0.304 e. The molecule has 106 valence electrons. The highest BCUT2D eigenvalue weighted by Gasteiger charge is 2.15. The van der Waals surface area contributed by atoms with Gasteiger partial charge in [-0.25, -0.2) is 4.39 Å². The van der Waals surface area contributed by atoms with E-state index < -0.39 is 11.8 Å². The predicted octanol–water partition coefficient (Wildman–Crippen LogP) is 2.22. The molecule has 0 aliphatic carbocycles. The van der Waals surface area contributed by atoms with Crippen LogP contribution in [-0.2, 0) is 11.2 Å². The average Bonchev–Trinajstić information content (AvgIpc) is 2.27. The number of aliphatic carboxylic acids is 1. The largest absolute Gasteiger partial charge is 0.494 e. The Hall–Kier alpha value is -1.62. The summed E-state index contributed by atoms with van der Waals surface area (Å²) >= 11 is 0. The van der Waals surface area contributed by atoms with Crippen LogP contribution in [0.15, 0.2) is 18.2 Å². The first-order chi connectivity index (χ1) is 8.92. The second-order valence-electron chi connectivity index (χ2n) is 4.79. The summed E-state index contributed by atoms with van der Waals surface area (Å²) in [6, 6.07) is 4.64.